The van der Waals surface area contributed by atoms with Crippen LogP contribution in [0.25, 0.3) is 0 Å². The second-order valence-electron chi connectivity index (χ2n) is 4.44. The van der Waals surface area contributed by atoms with Gasteiger partial charge in [0.25, 0.3) is 0 Å². The van der Waals surface area contributed by atoms with Gasteiger partial charge in [-0.25, -0.2) is 0 Å². The predicted octanol–water partition coefficient (Wildman–Crippen LogP) is 3.38. The molecule has 2 nitrogen and oxygen atoms in total. The van der Waals surface area contributed by atoms with Crippen LogP contribution >= 0.6 is 15.9 Å². The van der Waals surface area contributed by atoms with Crippen LogP contribution in [0, 0.1) is 5.92 Å². The summed E-state index contributed by atoms with van der Waals surface area (Å²) in [5, 5.41) is 1.10. The van der Waals surface area contributed by atoms with Crippen molar-refractivity contribution in [1.82, 2.24) is 0 Å². The maximum absolute atomic E-state index is 5.65. The van der Waals surface area contributed by atoms with Crippen molar-refractivity contribution in [3.8, 4) is 0 Å². The molecule has 0 radical (unpaired) electrons. The minimum absolute atomic E-state index is 0.366. The van der Waals surface area contributed by atoms with E-state index in [1.165, 1.54) is 32.1 Å². The fourth-order valence-electron chi connectivity index (χ4n) is 1.77. The van der Waals surface area contributed by atoms with Gasteiger partial charge in [0, 0.05) is 18.5 Å². The van der Waals surface area contributed by atoms with Gasteiger partial charge in [-0.1, -0.05) is 22.9 Å². The van der Waals surface area contributed by atoms with Crippen LogP contribution < -0.4 is 0 Å². The minimum atomic E-state index is 0.366. The van der Waals surface area contributed by atoms with E-state index in [2.05, 4.69) is 22.9 Å². The monoisotopic (exact) mass is 278 g/mol. The Morgan fingerprint density at radius 3 is 2.93 bits per heavy atom. The van der Waals surface area contributed by atoms with Crippen molar-refractivity contribution >= 4 is 15.9 Å². The van der Waals surface area contributed by atoms with Crippen molar-refractivity contribution in [3.05, 3.63) is 0 Å². The van der Waals surface area contributed by atoms with Crippen LogP contribution in [-0.4, -0.2) is 31.3 Å². The molecule has 0 aromatic heterocycles. The quantitative estimate of drug-likeness (QED) is 0.525. The Hall–Kier alpha value is 0.400. The second-order valence-corrected chi connectivity index (χ2v) is 5.23. The lowest BCUT2D eigenvalue weighted by Crippen LogP contribution is -2.24. The van der Waals surface area contributed by atoms with Crippen LogP contribution in [-0.2, 0) is 9.47 Å². The van der Waals surface area contributed by atoms with E-state index in [1.807, 2.05) is 0 Å². The van der Waals surface area contributed by atoms with Crippen LogP contribution in [0.1, 0.15) is 39.0 Å². The molecule has 0 aromatic carbocycles. The summed E-state index contributed by atoms with van der Waals surface area (Å²) in [6.45, 7) is 4.88. The van der Waals surface area contributed by atoms with Crippen molar-refractivity contribution in [2.45, 2.75) is 45.1 Å². The Balaban J connectivity index is 1.91. The van der Waals surface area contributed by atoms with Crippen LogP contribution in [0.2, 0.25) is 0 Å². The van der Waals surface area contributed by atoms with Gasteiger partial charge in [0.05, 0.1) is 12.7 Å². The first-order valence-electron chi connectivity index (χ1n) is 6.08. The molecule has 0 N–H and O–H groups in total. The zero-order valence-electron chi connectivity index (χ0n) is 9.71. The molecule has 1 heterocycles. The summed E-state index contributed by atoms with van der Waals surface area (Å²) >= 11 is 3.46. The van der Waals surface area contributed by atoms with Gasteiger partial charge >= 0.3 is 0 Å². The van der Waals surface area contributed by atoms with E-state index in [-0.39, 0.29) is 0 Å². The highest BCUT2D eigenvalue weighted by atomic mass is 79.9. The topological polar surface area (TPSA) is 18.5 Å². The van der Waals surface area contributed by atoms with Crippen molar-refractivity contribution < 1.29 is 9.47 Å². The van der Waals surface area contributed by atoms with Crippen LogP contribution in [0.4, 0.5) is 0 Å². The normalized spacial score (nSPS) is 24.0. The first-order chi connectivity index (χ1) is 7.33. The Kier molecular flexibility index (Phi) is 7.67. The molecule has 2 unspecified atom stereocenters. The first kappa shape index (κ1) is 13.5. The number of ether oxygens (including phenoxy) is 2. The molecule has 0 saturated carbocycles. The van der Waals surface area contributed by atoms with E-state index in [9.17, 15) is 0 Å². The van der Waals surface area contributed by atoms with Crippen LogP contribution in [0.5, 0.6) is 0 Å². The largest absolute Gasteiger partial charge is 0.379 e. The van der Waals surface area contributed by atoms with E-state index in [1.54, 1.807) is 0 Å². The van der Waals surface area contributed by atoms with E-state index in [0.717, 1.165) is 31.1 Å². The van der Waals surface area contributed by atoms with Crippen molar-refractivity contribution in [3.63, 3.8) is 0 Å². The third-order valence-electron chi connectivity index (χ3n) is 2.93. The third kappa shape index (κ3) is 6.54. The van der Waals surface area contributed by atoms with E-state index in [0.29, 0.717) is 6.10 Å². The zero-order chi connectivity index (χ0) is 10.9. The van der Waals surface area contributed by atoms with Gasteiger partial charge in [0.2, 0.25) is 0 Å². The summed E-state index contributed by atoms with van der Waals surface area (Å²) in [6, 6.07) is 0. The summed E-state index contributed by atoms with van der Waals surface area (Å²) in [5.41, 5.74) is 0. The SMILES string of the molecule is CC(CCBr)CCOCC1CCCCO1. The molecular formula is C12H23BrO2. The smallest absolute Gasteiger partial charge is 0.0808 e. The Labute approximate surface area is 102 Å². The fourth-order valence-corrected chi connectivity index (χ4v) is 2.55. The van der Waals surface area contributed by atoms with Crippen molar-refractivity contribution in [1.29, 1.82) is 0 Å². The standard InChI is InChI=1S/C12H23BrO2/c1-11(5-7-13)6-9-14-10-12-4-2-3-8-15-12/h11-12H,2-10H2,1H3. The summed E-state index contributed by atoms with van der Waals surface area (Å²) in [6.07, 6.45) is 6.47. The average Bonchev–Trinajstić information content (AvgIpc) is 2.26. The van der Waals surface area contributed by atoms with Crippen molar-refractivity contribution in [2.24, 2.45) is 5.92 Å². The highest BCUT2D eigenvalue weighted by molar-refractivity contribution is 9.09. The lowest BCUT2D eigenvalue weighted by molar-refractivity contribution is -0.0422. The molecule has 1 aliphatic heterocycles. The maximum Gasteiger partial charge on any atom is 0.0808 e. The molecule has 90 valence electrons. The number of hydrogen-bond donors (Lipinski definition) is 0. The molecule has 1 rings (SSSR count). The van der Waals surface area contributed by atoms with Gasteiger partial charge in [0.15, 0.2) is 0 Å². The summed E-state index contributed by atoms with van der Waals surface area (Å²) in [5.74, 6) is 0.761. The highest BCUT2D eigenvalue weighted by Gasteiger charge is 2.13. The number of hydrogen-bond acceptors (Lipinski definition) is 2. The molecule has 15 heavy (non-hydrogen) atoms. The van der Waals surface area contributed by atoms with Crippen LogP contribution in [0.3, 0.4) is 0 Å². The molecule has 0 aromatic rings. The minimum Gasteiger partial charge on any atom is -0.379 e. The number of alkyl halides is 1. The van der Waals surface area contributed by atoms with E-state index >= 15 is 0 Å². The number of halogens is 1. The number of rotatable bonds is 7. The molecule has 2 atom stereocenters. The Morgan fingerprint density at radius 2 is 2.27 bits per heavy atom. The van der Waals surface area contributed by atoms with Gasteiger partial charge in [-0.15, -0.1) is 0 Å². The summed E-state index contributed by atoms with van der Waals surface area (Å²) in [4.78, 5) is 0. The lowest BCUT2D eigenvalue weighted by atomic mass is 10.1. The molecular weight excluding hydrogens is 256 g/mol. The molecule has 0 bridgehead atoms. The van der Waals surface area contributed by atoms with Gasteiger partial charge in [0.1, 0.15) is 0 Å². The van der Waals surface area contributed by atoms with Gasteiger partial charge in [-0.2, -0.15) is 0 Å². The van der Waals surface area contributed by atoms with Crippen molar-refractivity contribution in [2.75, 3.05) is 25.2 Å². The molecule has 3 heteroatoms. The Morgan fingerprint density at radius 1 is 1.40 bits per heavy atom. The van der Waals surface area contributed by atoms with Crippen LogP contribution in [0.15, 0.2) is 0 Å². The van der Waals surface area contributed by atoms with Gasteiger partial charge < -0.3 is 9.47 Å². The molecule has 0 aliphatic carbocycles. The summed E-state index contributed by atoms with van der Waals surface area (Å²) in [7, 11) is 0. The average molecular weight is 279 g/mol. The molecule has 1 saturated heterocycles. The molecule has 0 spiro atoms. The maximum atomic E-state index is 5.65. The molecule has 1 fully saturated rings. The summed E-state index contributed by atoms with van der Waals surface area (Å²) < 4.78 is 11.2. The van der Waals surface area contributed by atoms with Gasteiger partial charge in [-0.3, -0.25) is 0 Å². The molecule has 0 amide bonds. The van der Waals surface area contributed by atoms with E-state index in [4.69, 9.17) is 9.47 Å². The lowest BCUT2D eigenvalue weighted by Gasteiger charge is -2.22. The zero-order valence-corrected chi connectivity index (χ0v) is 11.3. The third-order valence-corrected chi connectivity index (χ3v) is 3.39. The fraction of sp³-hybridized carbons (Fsp3) is 1.00. The second kappa shape index (κ2) is 8.54. The van der Waals surface area contributed by atoms with Gasteiger partial charge in [-0.05, 0) is 38.0 Å². The van der Waals surface area contributed by atoms with E-state index < -0.39 is 0 Å². The highest BCUT2D eigenvalue weighted by Crippen LogP contribution is 2.14. The first-order valence-corrected chi connectivity index (χ1v) is 7.20. The predicted molar refractivity (Wildman–Crippen MR) is 66.6 cm³/mol. The molecule has 1 aliphatic rings. The Bertz CT molecular complexity index is 147.